The molecule has 1 amide bonds. The van der Waals surface area contributed by atoms with Crippen molar-refractivity contribution in [2.45, 2.75) is 25.9 Å². The molecule has 0 saturated carbocycles. The monoisotopic (exact) mass is 646 g/mol. The Morgan fingerprint density at radius 2 is 1.55 bits per heavy atom. The van der Waals surface area contributed by atoms with Gasteiger partial charge in [0, 0.05) is 29.1 Å². The molecule has 0 radical (unpaired) electrons. The molecule has 222 valence electrons. The number of rotatable bonds is 10. The lowest BCUT2D eigenvalue weighted by atomic mass is 9.96. The fraction of sp³-hybridized carbons (Fsp3) is 0.118. The third-order valence-corrected chi connectivity index (χ3v) is 7.99. The van der Waals surface area contributed by atoms with Crippen molar-refractivity contribution in [3.05, 3.63) is 146 Å². The average molecular weight is 648 g/mol. The van der Waals surface area contributed by atoms with Gasteiger partial charge in [-0.2, -0.15) is 0 Å². The van der Waals surface area contributed by atoms with Crippen LogP contribution in [0.15, 0.2) is 102 Å². The molecule has 5 aromatic rings. The maximum atomic E-state index is 13.9. The number of halogens is 3. The number of benzene rings is 4. The molecule has 0 fully saturated rings. The van der Waals surface area contributed by atoms with Crippen LogP contribution in [0.3, 0.4) is 0 Å². The predicted molar refractivity (Wildman–Crippen MR) is 169 cm³/mol. The third kappa shape index (κ3) is 6.70. The average Bonchev–Trinajstić information content (AvgIpc) is 3.39. The highest BCUT2D eigenvalue weighted by Gasteiger charge is 2.32. The number of carboxylic acid groups (broad SMARTS) is 1. The molecule has 1 aromatic heterocycles. The lowest BCUT2D eigenvalue weighted by Crippen LogP contribution is -2.46. The van der Waals surface area contributed by atoms with Gasteiger partial charge < -0.3 is 14.5 Å². The van der Waals surface area contributed by atoms with E-state index in [1.807, 2.05) is 6.07 Å². The molecule has 44 heavy (non-hydrogen) atoms. The van der Waals surface area contributed by atoms with Crippen LogP contribution in [0.4, 0.5) is 0 Å². The number of carbonyl (C=O) groups excluding carboxylic acids is 2. The number of aliphatic carboxylic acids is 1. The number of hydrogen-bond donors (Lipinski definition) is 1. The maximum Gasteiger partial charge on any atom is 0.326 e. The van der Waals surface area contributed by atoms with Crippen LogP contribution >= 0.6 is 34.8 Å². The van der Waals surface area contributed by atoms with Gasteiger partial charge in [0.15, 0.2) is 5.78 Å². The Bertz CT molecular complexity index is 1860. The number of amides is 1. The normalized spacial score (nSPS) is 11.6. The van der Waals surface area contributed by atoms with Crippen molar-refractivity contribution in [2.75, 3.05) is 0 Å². The number of aryl methyl sites for hydroxylation is 1. The van der Waals surface area contributed by atoms with E-state index in [-0.39, 0.29) is 34.9 Å². The van der Waals surface area contributed by atoms with Crippen molar-refractivity contribution in [1.82, 2.24) is 10.1 Å². The van der Waals surface area contributed by atoms with Crippen LogP contribution in [0.2, 0.25) is 15.1 Å². The number of carbonyl (C=O) groups is 3. The van der Waals surface area contributed by atoms with E-state index in [1.165, 1.54) is 23.1 Å². The van der Waals surface area contributed by atoms with E-state index < -0.39 is 17.9 Å². The van der Waals surface area contributed by atoms with Crippen LogP contribution in [-0.2, 0) is 17.8 Å². The number of nitrogens with zero attached hydrogens (tertiary/aromatic N) is 2. The largest absolute Gasteiger partial charge is 0.480 e. The van der Waals surface area contributed by atoms with Crippen LogP contribution in [0.25, 0.3) is 11.3 Å². The first kappa shape index (κ1) is 31.0. The third-order valence-electron chi connectivity index (χ3n) is 7.12. The molecule has 4 aromatic carbocycles. The Hall–Kier alpha value is -4.43. The fourth-order valence-electron chi connectivity index (χ4n) is 4.94. The van der Waals surface area contributed by atoms with Crippen LogP contribution in [-0.4, -0.2) is 38.9 Å². The topological polar surface area (TPSA) is 101 Å². The molecule has 0 saturated heterocycles. The van der Waals surface area contributed by atoms with Gasteiger partial charge >= 0.3 is 5.97 Å². The smallest absolute Gasteiger partial charge is 0.326 e. The highest BCUT2D eigenvalue weighted by atomic mass is 35.5. The molecule has 1 N–H and O–H groups in total. The molecule has 1 heterocycles. The molecule has 0 aliphatic rings. The zero-order valence-electron chi connectivity index (χ0n) is 23.3. The molecular weight excluding hydrogens is 623 g/mol. The second-order valence-electron chi connectivity index (χ2n) is 10.1. The number of carboxylic acids is 1. The minimum Gasteiger partial charge on any atom is -0.480 e. The Kier molecular flexibility index (Phi) is 9.49. The van der Waals surface area contributed by atoms with Crippen LogP contribution < -0.4 is 0 Å². The first-order valence-corrected chi connectivity index (χ1v) is 14.6. The van der Waals surface area contributed by atoms with Gasteiger partial charge in [-0.3, -0.25) is 9.59 Å². The molecule has 0 aliphatic heterocycles. The van der Waals surface area contributed by atoms with Crippen molar-refractivity contribution < 1.29 is 24.0 Å². The standard InChI is InChI=1S/C34H25Cl3N2O5/c1-20-30(31(38-44-20)25-12-5-6-13-27(25)36)32(40)23-11-7-10-22(16-23)19-39(33(41)26-15-14-24(35)18-28(26)37)29(34(42)43)17-21-8-3-2-4-9-21/h2-16,18,29H,17,19H2,1H3,(H,42,43)/t29-/m0/s1. The van der Waals surface area contributed by atoms with E-state index in [2.05, 4.69) is 5.16 Å². The summed E-state index contributed by atoms with van der Waals surface area (Å²) in [6, 6.07) is 25.8. The summed E-state index contributed by atoms with van der Waals surface area (Å²) in [7, 11) is 0. The molecule has 0 spiro atoms. The lowest BCUT2D eigenvalue weighted by Gasteiger charge is -2.30. The first-order chi connectivity index (χ1) is 21.1. The van der Waals surface area contributed by atoms with E-state index in [1.54, 1.807) is 79.7 Å². The summed E-state index contributed by atoms with van der Waals surface area (Å²) >= 11 is 18.8. The first-order valence-electron chi connectivity index (χ1n) is 13.5. The Balaban J connectivity index is 1.53. The van der Waals surface area contributed by atoms with Crippen LogP contribution in [0, 0.1) is 6.92 Å². The van der Waals surface area contributed by atoms with E-state index >= 15 is 0 Å². The molecular formula is C34H25Cl3N2O5. The van der Waals surface area contributed by atoms with Gasteiger partial charge in [-0.15, -0.1) is 0 Å². The van der Waals surface area contributed by atoms with E-state index in [9.17, 15) is 19.5 Å². The SMILES string of the molecule is Cc1onc(-c2ccccc2Cl)c1C(=O)c1cccc(CN(C(=O)c2ccc(Cl)cc2Cl)[C@@H](Cc2ccccc2)C(=O)O)c1. The quantitative estimate of drug-likeness (QED) is 0.154. The summed E-state index contributed by atoms with van der Waals surface area (Å²) < 4.78 is 5.39. The highest BCUT2D eigenvalue weighted by Crippen LogP contribution is 2.33. The van der Waals surface area contributed by atoms with Gasteiger partial charge in [0.2, 0.25) is 0 Å². The number of aromatic nitrogens is 1. The molecule has 0 unspecified atom stereocenters. The molecule has 7 nitrogen and oxygen atoms in total. The van der Waals surface area contributed by atoms with Crippen LogP contribution in [0.1, 0.15) is 43.2 Å². The summed E-state index contributed by atoms with van der Waals surface area (Å²) in [5, 5.41) is 15.3. The Labute approximate surface area is 268 Å². The highest BCUT2D eigenvalue weighted by molar-refractivity contribution is 6.36. The second-order valence-corrected chi connectivity index (χ2v) is 11.3. The molecule has 5 rings (SSSR count). The second kappa shape index (κ2) is 13.5. The molecule has 0 aliphatic carbocycles. The molecule has 0 bridgehead atoms. The minimum absolute atomic E-state index is 0.0484. The van der Waals surface area contributed by atoms with Gasteiger partial charge in [0.1, 0.15) is 17.5 Å². The summed E-state index contributed by atoms with van der Waals surface area (Å²) in [5.41, 5.74) is 2.78. The summed E-state index contributed by atoms with van der Waals surface area (Å²) in [6.45, 7) is 1.52. The van der Waals surface area contributed by atoms with Gasteiger partial charge in [-0.05, 0) is 48.4 Å². The van der Waals surface area contributed by atoms with Crippen molar-refractivity contribution in [3.63, 3.8) is 0 Å². The zero-order chi connectivity index (χ0) is 31.4. The summed E-state index contributed by atoms with van der Waals surface area (Å²) in [5.74, 6) is -1.83. The van der Waals surface area contributed by atoms with E-state index in [0.29, 0.717) is 38.2 Å². The van der Waals surface area contributed by atoms with Gasteiger partial charge in [-0.1, -0.05) is 107 Å². The van der Waals surface area contributed by atoms with E-state index in [4.69, 9.17) is 39.3 Å². The fourth-order valence-corrected chi connectivity index (χ4v) is 5.65. The summed E-state index contributed by atoms with van der Waals surface area (Å²) in [6.07, 6.45) is 0.0484. The van der Waals surface area contributed by atoms with Crippen molar-refractivity contribution >= 4 is 52.5 Å². The van der Waals surface area contributed by atoms with Crippen molar-refractivity contribution in [2.24, 2.45) is 0 Å². The number of ketones is 1. The predicted octanol–water partition coefficient (Wildman–Crippen LogP) is 8.18. The Morgan fingerprint density at radius 1 is 0.841 bits per heavy atom. The zero-order valence-corrected chi connectivity index (χ0v) is 25.6. The minimum atomic E-state index is -1.25. The number of hydrogen-bond acceptors (Lipinski definition) is 5. The van der Waals surface area contributed by atoms with Gasteiger partial charge in [0.05, 0.1) is 21.2 Å². The molecule has 10 heteroatoms. The van der Waals surface area contributed by atoms with Gasteiger partial charge in [0.25, 0.3) is 5.91 Å². The van der Waals surface area contributed by atoms with Gasteiger partial charge in [-0.25, -0.2) is 4.79 Å². The van der Waals surface area contributed by atoms with Crippen molar-refractivity contribution in [3.8, 4) is 11.3 Å². The van der Waals surface area contributed by atoms with Crippen molar-refractivity contribution in [1.29, 1.82) is 0 Å². The van der Waals surface area contributed by atoms with E-state index in [0.717, 1.165) is 5.56 Å². The maximum absolute atomic E-state index is 13.9. The lowest BCUT2D eigenvalue weighted by molar-refractivity contribution is -0.142. The molecule has 1 atom stereocenters. The summed E-state index contributed by atoms with van der Waals surface area (Å²) in [4.78, 5) is 41.7. The Morgan fingerprint density at radius 3 is 2.25 bits per heavy atom. The van der Waals surface area contributed by atoms with Crippen LogP contribution in [0.5, 0.6) is 0 Å².